The number of thioether (sulfide) groups is 1. The van der Waals surface area contributed by atoms with Crippen LogP contribution in [0.4, 0.5) is 5.95 Å². The summed E-state index contributed by atoms with van der Waals surface area (Å²) in [4.78, 5) is 20.0. The lowest BCUT2D eigenvalue weighted by molar-refractivity contribution is 0.580. The average molecular weight is 325 g/mol. The molecule has 1 aliphatic rings. The van der Waals surface area contributed by atoms with Crippen molar-refractivity contribution in [2.75, 3.05) is 29.5 Å². The van der Waals surface area contributed by atoms with E-state index >= 15 is 0 Å². The molecule has 1 saturated heterocycles. The van der Waals surface area contributed by atoms with E-state index in [0.717, 1.165) is 47.5 Å². The van der Waals surface area contributed by atoms with Crippen molar-refractivity contribution in [3.8, 4) is 22.7 Å². The summed E-state index contributed by atoms with van der Waals surface area (Å²) < 4.78 is 5.56. The fraction of sp³-hybridized carbons (Fsp3) is 0.250. The molecule has 0 radical (unpaired) electrons. The molecule has 0 atom stereocenters. The average Bonchev–Trinajstić information content (AvgIpc) is 3.17. The first kappa shape index (κ1) is 14.2. The lowest BCUT2D eigenvalue weighted by Gasteiger charge is -2.26. The molecule has 3 aromatic heterocycles. The summed E-state index contributed by atoms with van der Waals surface area (Å²) >= 11 is 1.96. The Balaban J connectivity index is 1.80. The van der Waals surface area contributed by atoms with Gasteiger partial charge in [-0.2, -0.15) is 11.8 Å². The lowest BCUT2D eigenvalue weighted by atomic mass is 10.1. The molecule has 0 unspecified atom stereocenters. The van der Waals surface area contributed by atoms with Crippen molar-refractivity contribution in [1.29, 1.82) is 0 Å². The highest BCUT2D eigenvalue weighted by Crippen LogP contribution is 2.30. The molecule has 0 N–H and O–H groups in total. The third-order valence-electron chi connectivity index (χ3n) is 3.66. The molecule has 1 aliphatic heterocycles. The van der Waals surface area contributed by atoms with Gasteiger partial charge in [-0.15, -0.1) is 0 Å². The molecular formula is C16H15N5OS. The third kappa shape index (κ3) is 2.92. The van der Waals surface area contributed by atoms with Crippen LogP contribution in [-0.4, -0.2) is 44.5 Å². The summed E-state index contributed by atoms with van der Waals surface area (Å²) in [7, 11) is 0. The fourth-order valence-electron chi connectivity index (χ4n) is 2.51. The summed E-state index contributed by atoms with van der Waals surface area (Å²) in [6.07, 6.45) is 8.48. The first-order valence-corrected chi connectivity index (χ1v) is 8.57. The van der Waals surface area contributed by atoms with Gasteiger partial charge in [0.1, 0.15) is 5.69 Å². The van der Waals surface area contributed by atoms with Crippen LogP contribution in [0, 0.1) is 0 Å². The molecule has 116 valence electrons. The fourth-order valence-corrected chi connectivity index (χ4v) is 3.42. The first-order chi connectivity index (χ1) is 11.4. The Hall–Kier alpha value is -2.41. The van der Waals surface area contributed by atoms with Crippen molar-refractivity contribution in [2.45, 2.75) is 0 Å². The molecule has 7 heteroatoms. The first-order valence-electron chi connectivity index (χ1n) is 7.42. The second-order valence-electron chi connectivity index (χ2n) is 5.10. The maximum Gasteiger partial charge on any atom is 0.226 e. The van der Waals surface area contributed by atoms with Gasteiger partial charge in [-0.05, 0) is 12.1 Å². The summed E-state index contributed by atoms with van der Waals surface area (Å²) in [5.74, 6) is 3.65. The molecule has 23 heavy (non-hydrogen) atoms. The van der Waals surface area contributed by atoms with Crippen molar-refractivity contribution in [3.05, 3.63) is 43.2 Å². The Kier molecular flexibility index (Phi) is 3.94. The molecule has 3 aromatic rings. The van der Waals surface area contributed by atoms with Crippen molar-refractivity contribution in [2.24, 2.45) is 0 Å². The SMILES string of the molecule is c1coc(-c2nc(N3CCSCC3)ncc2-c2cnccn2)c1. The zero-order valence-electron chi connectivity index (χ0n) is 12.4. The van der Waals surface area contributed by atoms with E-state index in [9.17, 15) is 0 Å². The van der Waals surface area contributed by atoms with Gasteiger partial charge in [0, 0.05) is 48.7 Å². The highest BCUT2D eigenvalue weighted by molar-refractivity contribution is 7.99. The van der Waals surface area contributed by atoms with Crippen LogP contribution in [0.3, 0.4) is 0 Å². The van der Waals surface area contributed by atoms with E-state index in [1.807, 2.05) is 30.1 Å². The number of nitrogens with zero attached hydrogens (tertiary/aromatic N) is 5. The number of hydrogen-bond donors (Lipinski definition) is 0. The largest absolute Gasteiger partial charge is 0.463 e. The van der Waals surface area contributed by atoms with Crippen LogP contribution < -0.4 is 4.90 Å². The maximum atomic E-state index is 5.56. The number of furan rings is 1. The molecule has 4 heterocycles. The highest BCUT2D eigenvalue weighted by Gasteiger charge is 2.19. The van der Waals surface area contributed by atoms with Crippen molar-refractivity contribution in [1.82, 2.24) is 19.9 Å². The van der Waals surface area contributed by atoms with Gasteiger partial charge in [0.2, 0.25) is 5.95 Å². The van der Waals surface area contributed by atoms with Gasteiger partial charge in [0.25, 0.3) is 0 Å². The number of anilines is 1. The Morgan fingerprint density at radius 3 is 2.74 bits per heavy atom. The number of rotatable bonds is 3. The molecule has 0 spiro atoms. The topological polar surface area (TPSA) is 67.9 Å². The number of hydrogen-bond acceptors (Lipinski definition) is 7. The molecule has 0 aliphatic carbocycles. The molecule has 0 aromatic carbocycles. The van der Waals surface area contributed by atoms with E-state index in [-0.39, 0.29) is 0 Å². The van der Waals surface area contributed by atoms with Crippen molar-refractivity contribution < 1.29 is 4.42 Å². The van der Waals surface area contributed by atoms with Crippen LogP contribution in [0.5, 0.6) is 0 Å². The van der Waals surface area contributed by atoms with E-state index in [2.05, 4.69) is 19.9 Å². The smallest absolute Gasteiger partial charge is 0.226 e. The molecule has 6 nitrogen and oxygen atoms in total. The van der Waals surface area contributed by atoms with Crippen molar-refractivity contribution >= 4 is 17.7 Å². The predicted molar refractivity (Wildman–Crippen MR) is 90.3 cm³/mol. The minimum atomic E-state index is 0.709. The van der Waals surface area contributed by atoms with Crippen LogP contribution in [0.2, 0.25) is 0 Å². The quantitative estimate of drug-likeness (QED) is 0.733. The van der Waals surface area contributed by atoms with Gasteiger partial charge >= 0.3 is 0 Å². The standard InChI is InChI=1S/C16H15N5OS/c1-2-14(22-7-1)15-12(13-11-17-3-4-18-13)10-19-16(20-15)21-5-8-23-9-6-21/h1-4,7,10-11H,5-6,8-9H2. The van der Waals surface area contributed by atoms with E-state index < -0.39 is 0 Å². The Morgan fingerprint density at radius 2 is 2.00 bits per heavy atom. The molecule has 1 fully saturated rings. The van der Waals surface area contributed by atoms with Gasteiger partial charge in [-0.1, -0.05) is 0 Å². The Bertz CT molecular complexity index is 772. The van der Waals surface area contributed by atoms with Crippen molar-refractivity contribution in [3.63, 3.8) is 0 Å². The third-order valence-corrected chi connectivity index (χ3v) is 4.61. The number of aromatic nitrogens is 4. The summed E-state index contributed by atoms with van der Waals surface area (Å²) in [6, 6.07) is 3.76. The van der Waals surface area contributed by atoms with E-state index in [1.54, 1.807) is 24.9 Å². The predicted octanol–water partition coefficient (Wildman–Crippen LogP) is 2.75. The molecule has 4 rings (SSSR count). The van der Waals surface area contributed by atoms with E-state index in [4.69, 9.17) is 9.40 Å². The summed E-state index contributed by atoms with van der Waals surface area (Å²) in [5.41, 5.74) is 2.31. The second-order valence-corrected chi connectivity index (χ2v) is 6.32. The van der Waals surface area contributed by atoms with Crippen LogP contribution in [0.1, 0.15) is 0 Å². The minimum Gasteiger partial charge on any atom is -0.463 e. The maximum absolute atomic E-state index is 5.56. The van der Waals surface area contributed by atoms with Crippen LogP contribution >= 0.6 is 11.8 Å². The van der Waals surface area contributed by atoms with E-state index in [0.29, 0.717) is 5.76 Å². The highest BCUT2D eigenvalue weighted by atomic mass is 32.2. The normalized spacial score (nSPS) is 14.9. The van der Waals surface area contributed by atoms with Crippen LogP contribution in [-0.2, 0) is 0 Å². The van der Waals surface area contributed by atoms with Gasteiger partial charge in [0.05, 0.1) is 18.2 Å². The Labute approximate surface area is 138 Å². The van der Waals surface area contributed by atoms with E-state index in [1.165, 1.54) is 0 Å². The summed E-state index contributed by atoms with van der Waals surface area (Å²) in [5, 5.41) is 0. The lowest BCUT2D eigenvalue weighted by Crippen LogP contribution is -2.33. The molecular weight excluding hydrogens is 310 g/mol. The zero-order valence-corrected chi connectivity index (χ0v) is 13.2. The Morgan fingerprint density at radius 1 is 1.09 bits per heavy atom. The van der Waals surface area contributed by atoms with Crippen LogP contribution in [0.15, 0.2) is 47.6 Å². The van der Waals surface area contributed by atoms with Gasteiger partial charge in [-0.25, -0.2) is 9.97 Å². The molecule has 0 bridgehead atoms. The van der Waals surface area contributed by atoms with Gasteiger partial charge in [-0.3, -0.25) is 9.97 Å². The minimum absolute atomic E-state index is 0.709. The second kappa shape index (κ2) is 6.37. The summed E-state index contributed by atoms with van der Waals surface area (Å²) in [6.45, 7) is 1.93. The molecule has 0 saturated carbocycles. The molecule has 0 amide bonds. The zero-order chi connectivity index (χ0) is 15.5. The van der Waals surface area contributed by atoms with Gasteiger partial charge < -0.3 is 9.32 Å². The monoisotopic (exact) mass is 325 g/mol. The van der Waals surface area contributed by atoms with Gasteiger partial charge in [0.15, 0.2) is 5.76 Å². The van der Waals surface area contributed by atoms with Crippen LogP contribution in [0.25, 0.3) is 22.7 Å².